The zero-order chi connectivity index (χ0) is 19.9. The molecule has 1 aliphatic rings. The zero-order valence-corrected chi connectivity index (χ0v) is 21.3. The molecule has 0 saturated carbocycles. The highest BCUT2D eigenvalue weighted by atomic mass is 127. The van der Waals surface area contributed by atoms with Gasteiger partial charge in [-0.15, -0.1) is 24.0 Å². The predicted molar refractivity (Wildman–Crippen MR) is 132 cm³/mol. The van der Waals surface area contributed by atoms with Gasteiger partial charge < -0.3 is 15.5 Å². The largest absolute Gasteiger partial charge is 0.359 e. The van der Waals surface area contributed by atoms with Gasteiger partial charge in [0.15, 0.2) is 5.96 Å². The molecule has 1 aliphatic heterocycles. The van der Waals surface area contributed by atoms with E-state index in [0.29, 0.717) is 12.3 Å². The highest BCUT2D eigenvalue weighted by molar-refractivity contribution is 14.0. The Morgan fingerprint density at radius 3 is 2.39 bits per heavy atom. The number of halogens is 2. The molecular formula is C21H34BrIN4O. The molecule has 7 heteroatoms. The fourth-order valence-corrected chi connectivity index (χ4v) is 3.67. The fourth-order valence-electron chi connectivity index (χ4n) is 3.40. The number of aliphatic imine (C=N–C) groups is 1. The van der Waals surface area contributed by atoms with Gasteiger partial charge in [0.2, 0.25) is 5.91 Å². The highest BCUT2D eigenvalue weighted by Crippen LogP contribution is 2.26. The van der Waals surface area contributed by atoms with Crippen molar-refractivity contribution in [1.29, 1.82) is 0 Å². The maximum atomic E-state index is 11.6. The Morgan fingerprint density at radius 2 is 1.86 bits per heavy atom. The molecule has 1 fully saturated rings. The topological polar surface area (TPSA) is 56.7 Å². The lowest BCUT2D eigenvalue weighted by molar-refractivity contribution is -0.121. The zero-order valence-electron chi connectivity index (χ0n) is 17.4. The van der Waals surface area contributed by atoms with Crippen molar-refractivity contribution in [1.82, 2.24) is 15.5 Å². The highest BCUT2D eigenvalue weighted by Gasteiger charge is 2.25. The summed E-state index contributed by atoms with van der Waals surface area (Å²) in [5.74, 6) is 1.61. The predicted octanol–water partition coefficient (Wildman–Crippen LogP) is 4.16. The monoisotopic (exact) mass is 564 g/mol. The van der Waals surface area contributed by atoms with Gasteiger partial charge in [-0.05, 0) is 43.4 Å². The number of benzene rings is 1. The Balaban J connectivity index is 0.00000392. The van der Waals surface area contributed by atoms with Crippen molar-refractivity contribution in [2.24, 2.45) is 10.9 Å². The first-order valence-electron chi connectivity index (χ1n) is 9.85. The number of nitrogens with zero attached hydrogens (tertiary/aromatic N) is 2. The molecule has 0 aromatic heterocycles. The third kappa shape index (κ3) is 7.54. The molecule has 0 bridgehead atoms. The van der Waals surface area contributed by atoms with E-state index in [0.717, 1.165) is 49.5 Å². The van der Waals surface area contributed by atoms with Crippen LogP contribution >= 0.6 is 39.9 Å². The Kier molecular flexibility index (Phi) is 10.8. The number of carbonyl (C=O) groups excluding carboxylic acids is 1. The van der Waals surface area contributed by atoms with Gasteiger partial charge in [0, 0.05) is 43.0 Å². The van der Waals surface area contributed by atoms with Gasteiger partial charge in [-0.3, -0.25) is 9.79 Å². The SMILES string of the molecule is CCNC(=NCC(C)(C)c1ccc(Br)cc1)N1CCC(CC(=O)NC)CC1.I. The van der Waals surface area contributed by atoms with E-state index in [1.54, 1.807) is 7.05 Å². The van der Waals surface area contributed by atoms with Crippen LogP contribution in [0.3, 0.4) is 0 Å². The van der Waals surface area contributed by atoms with Crippen LogP contribution in [0.2, 0.25) is 0 Å². The molecule has 2 rings (SSSR count). The molecule has 0 unspecified atom stereocenters. The minimum atomic E-state index is -0.0289. The Labute approximate surface area is 195 Å². The summed E-state index contributed by atoms with van der Waals surface area (Å²) >= 11 is 3.50. The first-order valence-corrected chi connectivity index (χ1v) is 10.6. The van der Waals surface area contributed by atoms with Crippen molar-refractivity contribution < 1.29 is 4.79 Å². The summed E-state index contributed by atoms with van der Waals surface area (Å²) in [5, 5.41) is 6.17. The van der Waals surface area contributed by atoms with Gasteiger partial charge in [-0.25, -0.2) is 0 Å². The first kappa shape index (κ1) is 25.2. The average Bonchev–Trinajstić information content (AvgIpc) is 2.66. The molecule has 1 saturated heterocycles. The third-order valence-corrected chi connectivity index (χ3v) is 5.78. The molecule has 0 spiro atoms. The minimum absolute atomic E-state index is 0. The van der Waals surface area contributed by atoms with Gasteiger partial charge >= 0.3 is 0 Å². The van der Waals surface area contributed by atoms with E-state index in [-0.39, 0.29) is 35.3 Å². The molecule has 1 aromatic rings. The molecule has 1 aromatic carbocycles. The van der Waals surface area contributed by atoms with Crippen molar-refractivity contribution in [2.45, 2.75) is 45.4 Å². The molecule has 2 N–H and O–H groups in total. The van der Waals surface area contributed by atoms with Crippen LogP contribution < -0.4 is 10.6 Å². The van der Waals surface area contributed by atoms with Crippen LogP contribution in [0.1, 0.15) is 45.6 Å². The second-order valence-corrected chi connectivity index (χ2v) is 8.78. The number of rotatable bonds is 6. The van der Waals surface area contributed by atoms with Crippen LogP contribution in [-0.4, -0.2) is 50.0 Å². The maximum absolute atomic E-state index is 11.6. The lowest BCUT2D eigenvalue weighted by Gasteiger charge is -2.34. The molecule has 158 valence electrons. The number of hydrogen-bond donors (Lipinski definition) is 2. The van der Waals surface area contributed by atoms with Crippen molar-refractivity contribution in [2.75, 3.05) is 33.2 Å². The van der Waals surface area contributed by atoms with E-state index in [1.807, 2.05) is 0 Å². The second kappa shape index (κ2) is 12.0. The van der Waals surface area contributed by atoms with Crippen molar-refractivity contribution in [3.05, 3.63) is 34.3 Å². The van der Waals surface area contributed by atoms with Crippen molar-refractivity contribution in [3.63, 3.8) is 0 Å². The summed E-state index contributed by atoms with van der Waals surface area (Å²) in [7, 11) is 1.71. The Hall–Kier alpha value is -0.830. The lowest BCUT2D eigenvalue weighted by Crippen LogP contribution is -2.46. The minimum Gasteiger partial charge on any atom is -0.359 e. The van der Waals surface area contributed by atoms with E-state index in [2.05, 4.69) is 76.5 Å². The number of likely N-dealkylation sites (tertiary alicyclic amines) is 1. The molecule has 0 aliphatic carbocycles. The van der Waals surface area contributed by atoms with E-state index in [4.69, 9.17) is 4.99 Å². The van der Waals surface area contributed by atoms with Crippen molar-refractivity contribution >= 4 is 51.8 Å². The second-order valence-electron chi connectivity index (χ2n) is 7.87. The maximum Gasteiger partial charge on any atom is 0.220 e. The van der Waals surface area contributed by atoms with Crippen LogP contribution in [0.4, 0.5) is 0 Å². The number of carbonyl (C=O) groups is 1. The molecule has 28 heavy (non-hydrogen) atoms. The number of guanidine groups is 1. The summed E-state index contributed by atoms with van der Waals surface area (Å²) in [5.41, 5.74) is 1.26. The number of piperidine rings is 1. The summed E-state index contributed by atoms with van der Waals surface area (Å²) in [6, 6.07) is 8.50. The Morgan fingerprint density at radius 1 is 1.25 bits per heavy atom. The van der Waals surface area contributed by atoms with Gasteiger partial charge in [0.05, 0.1) is 6.54 Å². The van der Waals surface area contributed by atoms with Crippen LogP contribution in [0.15, 0.2) is 33.7 Å². The van der Waals surface area contributed by atoms with Gasteiger partial charge in [-0.1, -0.05) is 41.9 Å². The van der Waals surface area contributed by atoms with Crippen LogP contribution in [0.25, 0.3) is 0 Å². The summed E-state index contributed by atoms with van der Waals surface area (Å²) in [4.78, 5) is 18.9. The summed E-state index contributed by atoms with van der Waals surface area (Å²) in [6.07, 6.45) is 2.70. The van der Waals surface area contributed by atoms with E-state index < -0.39 is 0 Å². The van der Waals surface area contributed by atoms with Crippen LogP contribution in [0, 0.1) is 5.92 Å². The smallest absolute Gasteiger partial charge is 0.220 e. The molecule has 0 radical (unpaired) electrons. The Bertz CT molecular complexity index is 640. The summed E-state index contributed by atoms with van der Waals surface area (Å²) < 4.78 is 1.10. The summed E-state index contributed by atoms with van der Waals surface area (Å²) in [6.45, 7) is 10.1. The quantitative estimate of drug-likeness (QED) is 0.310. The van der Waals surface area contributed by atoms with E-state index >= 15 is 0 Å². The molecular weight excluding hydrogens is 531 g/mol. The van der Waals surface area contributed by atoms with Gasteiger partial charge in [0.1, 0.15) is 0 Å². The lowest BCUT2D eigenvalue weighted by atomic mass is 9.85. The number of nitrogens with one attached hydrogen (secondary N) is 2. The number of amides is 1. The van der Waals surface area contributed by atoms with Crippen LogP contribution in [-0.2, 0) is 10.2 Å². The van der Waals surface area contributed by atoms with E-state index in [9.17, 15) is 4.79 Å². The number of hydrogen-bond acceptors (Lipinski definition) is 2. The molecule has 1 amide bonds. The van der Waals surface area contributed by atoms with Crippen molar-refractivity contribution in [3.8, 4) is 0 Å². The average molecular weight is 565 g/mol. The fraction of sp³-hybridized carbons (Fsp3) is 0.619. The standard InChI is InChI=1S/C21H33BrN4O.HI/c1-5-24-20(26-12-10-16(11-13-26)14-19(27)23-4)25-15-21(2,3)17-6-8-18(22)9-7-17;/h6-9,16H,5,10-15H2,1-4H3,(H,23,27)(H,24,25);1H. The normalized spacial score (nSPS) is 15.8. The molecule has 1 heterocycles. The molecule has 5 nitrogen and oxygen atoms in total. The van der Waals surface area contributed by atoms with Gasteiger partial charge in [0.25, 0.3) is 0 Å². The molecule has 0 atom stereocenters. The van der Waals surface area contributed by atoms with Crippen LogP contribution in [0.5, 0.6) is 0 Å². The third-order valence-electron chi connectivity index (χ3n) is 5.25. The van der Waals surface area contributed by atoms with E-state index in [1.165, 1.54) is 5.56 Å². The van der Waals surface area contributed by atoms with Gasteiger partial charge in [-0.2, -0.15) is 0 Å². The first-order chi connectivity index (χ1) is 12.9.